The predicted octanol–water partition coefficient (Wildman–Crippen LogP) is 4.15. The maximum atomic E-state index is 9.49. The van der Waals surface area contributed by atoms with Crippen molar-refractivity contribution in [3.8, 4) is 0 Å². The molecular formula is C23H27N3O. The first kappa shape index (κ1) is 18.9. The highest BCUT2D eigenvalue weighted by molar-refractivity contribution is 5.84. The molecule has 0 bridgehead atoms. The molecule has 140 valence electrons. The topological polar surface area (TPSA) is 56.7 Å². The van der Waals surface area contributed by atoms with Gasteiger partial charge >= 0.3 is 0 Å². The Hall–Kier alpha value is -2.85. The monoisotopic (exact) mass is 361 g/mol. The third-order valence-electron chi connectivity index (χ3n) is 4.67. The molecule has 0 aliphatic carbocycles. The molecule has 0 saturated heterocycles. The Morgan fingerprint density at radius 2 is 1.67 bits per heavy atom. The van der Waals surface area contributed by atoms with Crippen LogP contribution in [0.2, 0.25) is 0 Å². The molecule has 4 heteroatoms. The van der Waals surface area contributed by atoms with Crippen LogP contribution in [0.3, 0.4) is 0 Å². The van der Waals surface area contributed by atoms with Gasteiger partial charge in [-0.15, -0.1) is 0 Å². The van der Waals surface area contributed by atoms with Crippen LogP contribution in [-0.4, -0.2) is 17.6 Å². The van der Waals surface area contributed by atoms with E-state index >= 15 is 0 Å². The number of aliphatic imine (C=N–C) groups is 1. The van der Waals surface area contributed by atoms with Crippen molar-refractivity contribution in [2.45, 2.75) is 33.0 Å². The first-order valence-corrected chi connectivity index (χ1v) is 9.42. The maximum Gasteiger partial charge on any atom is 0.192 e. The molecule has 0 aromatic heterocycles. The molecule has 3 aromatic carbocycles. The summed E-state index contributed by atoms with van der Waals surface area (Å²) in [5.74, 6) is 0.769. The molecule has 0 fully saturated rings. The van der Waals surface area contributed by atoms with Gasteiger partial charge in [-0.3, -0.25) is 0 Å². The normalized spacial score (nSPS) is 12.8. The van der Waals surface area contributed by atoms with E-state index in [0.717, 1.165) is 23.6 Å². The van der Waals surface area contributed by atoms with Crippen molar-refractivity contribution in [3.05, 3.63) is 83.4 Å². The van der Waals surface area contributed by atoms with E-state index in [-0.39, 0.29) is 12.6 Å². The average molecular weight is 361 g/mol. The van der Waals surface area contributed by atoms with E-state index in [1.807, 2.05) is 24.3 Å². The molecule has 0 aliphatic rings. The predicted molar refractivity (Wildman–Crippen MR) is 113 cm³/mol. The number of guanidine groups is 1. The summed E-state index contributed by atoms with van der Waals surface area (Å²) in [6, 6.07) is 22.9. The van der Waals surface area contributed by atoms with Gasteiger partial charge in [-0.2, -0.15) is 0 Å². The van der Waals surface area contributed by atoms with Gasteiger partial charge in [0.2, 0.25) is 0 Å². The lowest BCUT2D eigenvalue weighted by molar-refractivity contribution is 0.280. The molecule has 0 aliphatic heterocycles. The van der Waals surface area contributed by atoms with E-state index < -0.39 is 0 Å². The van der Waals surface area contributed by atoms with Gasteiger partial charge in [0.25, 0.3) is 0 Å². The van der Waals surface area contributed by atoms with E-state index in [9.17, 15) is 5.11 Å². The first-order valence-electron chi connectivity index (χ1n) is 9.42. The molecule has 0 radical (unpaired) electrons. The van der Waals surface area contributed by atoms with E-state index in [1.54, 1.807) is 0 Å². The molecule has 0 amide bonds. The Morgan fingerprint density at radius 3 is 2.41 bits per heavy atom. The largest absolute Gasteiger partial charge is 0.392 e. The van der Waals surface area contributed by atoms with Crippen molar-refractivity contribution < 1.29 is 5.11 Å². The molecule has 1 atom stereocenters. The number of fused-ring (bicyclic) bond motifs is 1. The molecular weight excluding hydrogens is 334 g/mol. The summed E-state index contributed by atoms with van der Waals surface area (Å²) in [5, 5.41) is 18.8. The second-order valence-corrected chi connectivity index (χ2v) is 6.59. The Balaban J connectivity index is 1.75. The van der Waals surface area contributed by atoms with Crippen LogP contribution in [0.4, 0.5) is 0 Å². The highest BCUT2D eigenvalue weighted by atomic mass is 16.3. The lowest BCUT2D eigenvalue weighted by Gasteiger charge is -2.19. The van der Waals surface area contributed by atoms with Gasteiger partial charge in [-0.1, -0.05) is 60.7 Å². The van der Waals surface area contributed by atoms with Crippen LogP contribution in [-0.2, 0) is 13.2 Å². The summed E-state index contributed by atoms with van der Waals surface area (Å²) in [4.78, 5) is 4.70. The number of hydrogen-bond donors (Lipinski definition) is 3. The zero-order valence-corrected chi connectivity index (χ0v) is 15.9. The van der Waals surface area contributed by atoms with Crippen LogP contribution in [0.25, 0.3) is 10.8 Å². The lowest BCUT2D eigenvalue weighted by Crippen LogP contribution is -2.38. The van der Waals surface area contributed by atoms with Gasteiger partial charge in [-0.25, -0.2) is 4.99 Å². The van der Waals surface area contributed by atoms with Crippen LogP contribution in [0.15, 0.2) is 71.7 Å². The second kappa shape index (κ2) is 9.19. The number of rotatable bonds is 6. The van der Waals surface area contributed by atoms with Gasteiger partial charge in [-0.05, 0) is 47.4 Å². The Bertz CT molecular complexity index is 920. The van der Waals surface area contributed by atoms with Crippen molar-refractivity contribution in [2.24, 2.45) is 4.99 Å². The zero-order valence-electron chi connectivity index (χ0n) is 15.9. The van der Waals surface area contributed by atoms with E-state index in [4.69, 9.17) is 4.99 Å². The smallest absolute Gasteiger partial charge is 0.192 e. The number of hydrogen-bond acceptors (Lipinski definition) is 2. The van der Waals surface area contributed by atoms with E-state index in [1.165, 1.54) is 16.3 Å². The number of benzene rings is 3. The quantitative estimate of drug-likeness (QED) is 0.457. The number of aliphatic hydroxyl groups is 1. The molecule has 0 saturated carbocycles. The van der Waals surface area contributed by atoms with Gasteiger partial charge in [0.15, 0.2) is 5.96 Å². The molecule has 0 spiro atoms. The molecule has 27 heavy (non-hydrogen) atoms. The minimum Gasteiger partial charge on any atom is -0.392 e. The van der Waals surface area contributed by atoms with Crippen molar-refractivity contribution in [1.29, 1.82) is 0 Å². The Kier molecular flexibility index (Phi) is 6.44. The summed E-state index contributed by atoms with van der Waals surface area (Å²) < 4.78 is 0. The maximum absolute atomic E-state index is 9.49. The fraction of sp³-hybridized carbons (Fsp3) is 0.261. The SMILES string of the molecule is CCNC(=NCc1ccccc1CO)NC(C)c1ccc2ccccc2c1. The molecule has 0 heterocycles. The van der Waals surface area contributed by atoms with Crippen LogP contribution in [0, 0.1) is 0 Å². The first-order chi connectivity index (χ1) is 13.2. The number of nitrogens with zero attached hydrogens (tertiary/aromatic N) is 1. The van der Waals surface area contributed by atoms with Crippen LogP contribution in [0.1, 0.15) is 36.6 Å². The second-order valence-electron chi connectivity index (χ2n) is 6.59. The highest BCUT2D eigenvalue weighted by Crippen LogP contribution is 2.20. The molecule has 3 N–H and O–H groups in total. The average Bonchev–Trinajstić information content (AvgIpc) is 2.72. The van der Waals surface area contributed by atoms with Crippen molar-refractivity contribution in [3.63, 3.8) is 0 Å². The van der Waals surface area contributed by atoms with Gasteiger partial charge in [0.05, 0.1) is 19.2 Å². The summed E-state index contributed by atoms with van der Waals surface area (Å²) in [6.45, 7) is 5.54. The zero-order chi connectivity index (χ0) is 19.1. The van der Waals surface area contributed by atoms with Crippen molar-refractivity contribution >= 4 is 16.7 Å². The fourth-order valence-electron chi connectivity index (χ4n) is 3.12. The van der Waals surface area contributed by atoms with Gasteiger partial charge < -0.3 is 15.7 Å². The standard InChI is InChI=1S/C23H27N3O/c1-3-24-23(25-15-21-10-6-7-11-22(21)16-27)26-17(2)19-13-12-18-8-4-5-9-20(18)14-19/h4-14,17,27H,3,15-16H2,1-2H3,(H2,24,25,26). The third kappa shape index (κ3) is 4.86. The molecule has 3 rings (SSSR count). The van der Waals surface area contributed by atoms with Gasteiger partial charge in [0.1, 0.15) is 0 Å². The minimum atomic E-state index is 0.0309. The van der Waals surface area contributed by atoms with Crippen LogP contribution < -0.4 is 10.6 Å². The number of aliphatic hydroxyl groups excluding tert-OH is 1. The molecule has 3 aromatic rings. The van der Waals surface area contributed by atoms with Gasteiger partial charge in [0, 0.05) is 6.54 Å². The summed E-state index contributed by atoms with van der Waals surface area (Å²) in [5.41, 5.74) is 3.17. The van der Waals surface area contributed by atoms with E-state index in [0.29, 0.717) is 6.54 Å². The summed E-state index contributed by atoms with van der Waals surface area (Å²) in [6.07, 6.45) is 0. The van der Waals surface area contributed by atoms with Crippen molar-refractivity contribution in [1.82, 2.24) is 10.6 Å². The molecule has 4 nitrogen and oxygen atoms in total. The highest BCUT2D eigenvalue weighted by Gasteiger charge is 2.09. The fourth-order valence-corrected chi connectivity index (χ4v) is 3.12. The van der Waals surface area contributed by atoms with E-state index in [2.05, 4.69) is 66.9 Å². The Labute approximate surface area is 161 Å². The van der Waals surface area contributed by atoms with Crippen LogP contribution in [0.5, 0.6) is 0 Å². The number of nitrogens with one attached hydrogen (secondary N) is 2. The Morgan fingerprint density at radius 1 is 0.963 bits per heavy atom. The van der Waals surface area contributed by atoms with Crippen LogP contribution >= 0.6 is 0 Å². The molecule has 1 unspecified atom stereocenters. The summed E-state index contributed by atoms with van der Waals surface area (Å²) >= 11 is 0. The lowest BCUT2D eigenvalue weighted by atomic mass is 10.0. The summed E-state index contributed by atoms with van der Waals surface area (Å²) in [7, 11) is 0. The third-order valence-corrected chi connectivity index (χ3v) is 4.67. The minimum absolute atomic E-state index is 0.0309. The van der Waals surface area contributed by atoms with Crippen molar-refractivity contribution in [2.75, 3.05) is 6.54 Å².